The van der Waals surface area contributed by atoms with Gasteiger partial charge in [-0.3, -0.25) is 4.79 Å². The van der Waals surface area contributed by atoms with Crippen LogP contribution in [0, 0.1) is 0 Å². The van der Waals surface area contributed by atoms with Crippen LogP contribution < -0.4 is 10.1 Å². The highest BCUT2D eigenvalue weighted by atomic mass is 35.5. The number of carbonyl (C=O) groups excluding carboxylic acids is 1. The Balaban J connectivity index is 2.22. The average Bonchev–Trinajstić information content (AvgIpc) is 2.43. The number of amides is 1. The Bertz CT molecular complexity index is 656. The van der Waals surface area contributed by atoms with Crippen LogP contribution in [-0.2, 0) is 0 Å². The van der Waals surface area contributed by atoms with Crippen molar-refractivity contribution in [3.8, 4) is 11.5 Å². The zero-order valence-corrected chi connectivity index (χ0v) is 13.2. The maximum Gasteiger partial charge on any atom is 0.251 e. The molecule has 0 aliphatic heterocycles. The van der Waals surface area contributed by atoms with Crippen molar-refractivity contribution in [3.63, 3.8) is 0 Å². The van der Waals surface area contributed by atoms with E-state index in [2.05, 4.69) is 5.32 Å². The standard InChI is InChI=1S/C16H15Cl2NO2/c1-10(2)19-16(20)11-5-3-6-12(9-11)21-14-8-4-7-13(17)15(14)18/h3-10H,1-2H3,(H,19,20). The molecule has 0 fully saturated rings. The van der Waals surface area contributed by atoms with Gasteiger partial charge in [-0.15, -0.1) is 0 Å². The van der Waals surface area contributed by atoms with E-state index in [1.165, 1.54) is 0 Å². The molecule has 1 N–H and O–H groups in total. The third-order valence-electron chi connectivity index (χ3n) is 2.66. The van der Waals surface area contributed by atoms with Crippen LogP contribution in [0.1, 0.15) is 24.2 Å². The fraction of sp³-hybridized carbons (Fsp3) is 0.188. The molecule has 0 bridgehead atoms. The smallest absolute Gasteiger partial charge is 0.251 e. The van der Waals surface area contributed by atoms with Gasteiger partial charge in [-0.2, -0.15) is 0 Å². The molecule has 0 atom stereocenters. The van der Waals surface area contributed by atoms with Gasteiger partial charge in [-0.05, 0) is 44.2 Å². The molecule has 0 unspecified atom stereocenters. The monoisotopic (exact) mass is 323 g/mol. The van der Waals surface area contributed by atoms with Gasteiger partial charge in [-0.1, -0.05) is 35.3 Å². The van der Waals surface area contributed by atoms with Crippen molar-refractivity contribution in [2.75, 3.05) is 0 Å². The molecule has 0 saturated carbocycles. The molecule has 110 valence electrons. The molecule has 0 aliphatic rings. The lowest BCUT2D eigenvalue weighted by molar-refractivity contribution is 0.0943. The Morgan fingerprint density at radius 1 is 1.14 bits per heavy atom. The summed E-state index contributed by atoms with van der Waals surface area (Å²) in [4.78, 5) is 12.0. The summed E-state index contributed by atoms with van der Waals surface area (Å²) in [6.45, 7) is 3.81. The van der Waals surface area contributed by atoms with E-state index in [1.807, 2.05) is 13.8 Å². The number of benzene rings is 2. The van der Waals surface area contributed by atoms with E-state index in [1.54, 1.807) is 42.5 Å². The minimum absolute atomic E-state index is 0.0736. The van der Waals surface area contributed by atoms with Crippen LogP contribution in [0.25, 0.3) is 0 Å². The van der Waals surface area contributed by atoms with E-state index in [0.29, 0.717) is 27.1 Å². The second kappa shape index (κ2) is 6.83. The van der Waals surface area contributed by atoms with Gasteiger partial charge >= 0.3 is 0 Å². The van der Waals surface area contributed by atoms with Crippen molar-refractivity contribution in [2.24, 2.45) is 0 Å². The maximum atomic E-state index is 12.0. The van der Waals surface area contributed by atoms with Gasteiger partial charge in [0.05, 0.1) is 5.02 Å². The quantitative estimate of drug-likeness (QED) is 0.866. The first kappa shape index (κ1) is 15.7. The van der Waals surface area contributed by atoms with E-state index in [9.17, 15) is 4.79 Å². The normalized spacial score (nSPS) is 10.5. The van der Waals surface area contributed by atoms with Crippen molar-refractivity contribution < 1.29 is 9.53 Å². The molecule has 0 radical (unpaired) electrons. The Kier molecular flexibility index (Phi) is 5.10. The highest BCUT2D eigenvalue weighted by Crippen LogP contribution is 2.34. The molecule has 2 aromatic carbocycles. The number of rotatable bonds is 4. The summed E-state index contributed by atoms with van der Waals surface area (Å²) < 4.78 is 5.69. The fourth-order valence-corrected chi connectivity index (χ4v) is 2.07. The van der Waals surface area contributed by atoms with Gasteiger partial charge in [0.2, 0.25) is 0 Å². The fourth-order valence-electron chi connectivity index (χ4n) is 1.74. The van der Waals surface area contributed by atoms with Crippen LogP contribution >= 0.6 is 23.2 Å². The van der Waals surface area contributed by atoms with Gasteiger partial charge in [0.15, 0.2) is 0 Å². The summed E-state index contributed by atoms with van der Waals surface area (Å²) in [6.07, 6.45) is 0. The number of nitrogens with one attached hydrogen (secondary N) is 1. The molecule has 0 saturated heterocycles. The van der Waals surface area contributed by atoms with Gasteiger partial charge in [0.25, 0.3) is 5.91 Å². The zero-order chi connectivity index (χ0) is 15.4. The molecular formula is C16H15Cl2NO2. The van der Waals surface area contributed by atoms with Gasteiger partial charge < -0.3 is 10.1 Å². The first-order valence-electron chi connectivity index (χ1n) is 6.50. The Labute approximate surface area is 133 Å². The highest BCUT2D eigenvalue weighted by molar-refractivity contribution is 6.42. The SMILES string of the molecule is CC(C)NC(=O)c1cccc(Oc2cccc(Cl)c2Cl)c1. The number of ether oxygens (including phenoxy) is 1. The lowest BCUT2D eigenvalue weighted by Gasteiger charge is -2.11. The van der Waals surface area contributed by atoms with Crippen LogP contribution in [0.4, 0.5) is 0 Å². The topological polar surface area (TPSA) is 38.3 Å². The molecule has 0 heterocycles. The minimum atomic E-state index is -0.146. The van der Waals surface area contributed by atoms with Crippen molar-refractivity contribution >= 4 is 29.1 Å². The predicted molar refractivity (Wildman–Crippen MR) is 85.6 cm³/mol. The molecule has 21 heavy (non-hydrogen) atoms. The lowest BCUT2D eigenvalue weighted by Crippen LogP contribution is -2.29. The van der Waals surface area contributed by atoms with Crippen LogP contribution in [0.2, 0.25) is 10.0 Å². The van der Waals surface area contributed by atoms with Crippen LogP contribution in [0.5, 0.6) is 11.5 Å². The van der Waals surface area contributed by atoms with Gasteiger partial charge in [0.1, 0.15) is 16.5 Å². The van der Waals surface area contributed by atoms with Crippen molar-refractivity contribution in [1.82, 2.24) is 5.32 Å². The third-order valence-corrected chi connectivity index (χ3v) is 3.46. The van der Waals surface area contributed by atoms with Crippen molar-refractivity contribution in [2.45, 2.75) is 19.9 Å². The predicted octanol–water partition coefficient (Wildman–Crippen LogP) is 4.92. The average molecular weight is 324 g/mol. The number of carbonyl (C=O) groups is 1. The third kappa shape index (κ3) is 4.13. The first-order chi connectivity index (χ1) is 9.97. The first-order valence-corrected chi connectivity index (χ1v) is 7.26. The van der Waals surface area contributed by atoms with E-state index < -0.39 is 0 Å². The van der Waals surface area contributed by atoms with E-state index >= 15 is 0 Å². The molecular weight excluding hydrogens is 309 g/mol. The largest absolute Gasteiger partial charge is 0.456 e. The van der Waals surface area contributed by atoms with Crippen molar-refractivity contribution in [1.29, 1.82) is 0 Å². The van der Waals surface area contributed by atoms with E-state index in [4.69, 9.17) is 27.9 Å². The zero-order valence-electron chi connectivity index (χ0n) is 11.7. The second-order valence-corrected chi connectivity index (χ2v) is 5.60. The minimum Gasteiger partial charge on any atom is -0.456 e. The molecule has 3 nitrogen and oxygen atoms in total. The molecule has 2 rings (SSSR count). The maximum absolute atomic E-state index is 12.0. The van der Waals surface area contributed by atoms with Gasteiger partial charge in [-0.25, -0.2) is 0 Å². The van der Waals surface area contributed by atoms with Crippen molar-refractivity contribution in [3.05, 3.63) is 58.1 Å². The van der Waals surface area contributed by atoms with E-state index in [0.717, 1.165) is 0 Å². The van der Waals surface area contributed by atoms with Crippen LogP contribution in [0.3, 0.4) is 0 Å². The second-order valence-electron chi connectivity index (χ2n) is 4.81. The number of hydrogen-bond donors (Lipinski definition) is 1. The molecule has 5 heteroatoms. The van der Waals surface area contributed by atoms with Crippen LogP contribution in [-0.4, -0.2) is 11.9 Å². The Morgan fingerprint density at radius 2 is 1.86 bits per heavy atom. The van der Waals surface area contributed by atoms with Gasteiger partial charge in [0, 0.05) is 11.6 Å². The molecule has 2 aromatic rings. The summed E-state index contributed by atoms with van der Waals surface area (Å²) in [7, 11) is 0. The lowest BCUT2D eigenvalue weighted by atomic mass is 10.2. The Morgan fingerprint density at radius 3 is 2.57 bits per heavy atom. The Hall–Kier alpha value is -1.71. The summed E-state index contributed by atoms with van der Waals surface area (Å²) in [5, 5.41) is 3.59. The molecule has 0 aliphatic carbocycles. The summed E-state index contributed by atoms with van der Waals surface area (Å²) in [6, 6.07) is 12.1. The van der Waals surface area contributed by atoms with E-state index in [-0.39, 0.29) is 11.9 Å². The summed E-state index contributed by atoms with van der Waals surface area (Å²) in [5.74, 6) is 0.828. The number of halogens is 2. The number of hydrogen-bond acceptors (Lipinski definition) is 2. The summed E-state index contributed by atoms with van der Waals surface area (Å²) >= 11 is 12.0. The van der Waals surface area contributed by atoms with Crippen LogP contribution in [0.15, 0.2) is 42.5 Å². The molecule has 1 amide bonds. The highest BCUT2D eigenvalue weighted by Gasteiger charge is 2.10. The molecule has 0 spiro atoms. The molecule has 0 aromatic heterocycles. The summed E-state index contributed by atoms with van der Waals surface area (Å²) in [5.41, 5.74) is 0.527.